The van der Waals surface area contributed by atoms with Gasteiger partial charge in [-0.25, -0.2) is 0 Å². The van der Waals surface area contributed by atoms with Crippen molar-refractivity contribution in [1.29, 1.82) is 0 Å². The standard InChI is InChI=1S/C13H24O/c1-5-14-9-11-8-10-6-7-13(11,4)12(10,2)3/h10-11H,5-9H2,1-4H3. The Balaban J connectivity index is 2.11. The molecule has 0 saturated heterocycles. The number of fused-ring (bicyclic) bond motifs is 2. The molecule has 0 spiro atoms. The van der Waals surface area contributed by atoms with E-state index < -0.39 is 0 Å². The molecule has 0 aromatic heterocycles. The third-order valence-electron chi connectivity index (χ3n) is 5.50. The second-order valence-electron chi connectivity index (χ2n) is 5.97. The SMILES string of the molecule is CCOCC1CC2CCC1(C)C2(C)C. The molecule has 2 aliphatic rings. The molecule has 0 aromatic rings. The molecule has 2 rings (SSSR count). The Hall–Kier alpha value is -0.0400. The lowest BCUT2D eigenvalue weighted by Gasteiger charge is -2.39. The van der Waals surface area contributed by atoms with Crippen molar-refractivity contribution in [3.05, 3.63) is 0 Å². The molecule has 82 valence electrons. The van der Waals surface area contributed by atoms with Crippen LogP contribution in [0.15, 0.2) is 0 Å². The summed E-state index contributed by atoms with van der Waals surface area (Å²) in [5.74, 6) is 1.77. The van der Waals surface area contributed by atoms with Gasteiger partial charge in [-0.3, -0.25) is 0 Å². The molecule has 2 fully saturated rings. The van der Waals surface area contributed by atoms with Gasteiger partial charge in [-0.05, 0) is 48.9 Å². The van der Waals surface area contributed by atoms with Crippen LogP contribution in [-0.4, -0.2) is 13.2 Å². The molecule has 0 aliphatic heterocycles. The van der Waals surface area contributed by atoms with Crippen LogP contribution in [0, 0.1) is 22.7 Å². The van der Waals surface area contributed by atoms with Crippen molar-refractivity contribution in [1.82, 2.24) is 0 Å². The van der Waals surface area contributed by atoms with Gasteiger partial charge >= 0.3 is 0 Å². The summed E-state index contributed by atoms with van der Waals surface area (Å²) in [5, 5.41) is 0. The molecule has 0 radical (unpaired) electrons. The Kier molecular flexibility index (Phi) is 2.42. The average Bonchev–Trinajstić information content (AvgIpc) is 2.46. The second-order valence-corrected chi connectivity index (χ2v) is 5.97. The highest BCUT2D eigenvalue weighted by atomic mass is 16.5. The second kappa shape index (κ2) is 3.23. The first-order chi connectivity index (χ1) is 6.52. The van der Waals surface area contributed by atoms with E-state index in [1.165, 1.54) is 19.3 Å². The van der Waals surface area contributed by atoms with Gasteiger partial charge in [-0.2, -0.15) is 0 Å². The zero-order valence-electron chi connectivity index (χ0n) is 10.1. The van der Waals surface area contributed by atoms with E-state index in [-0.39, 0.29) is 0 Å². The Morgan fingerprint density at radius 3 is 2.43 bits per heavy atom. The molecule has 0 N–H and O–H groups in total. The minimum Gasteiger partial charge on any atom is -0.381 e. The van der Waals surface area contributed by atoms with Crippen LogP contribution in [0.3, 0.4) is 0 Å². The van der Waals surface area contributed by atoms with Crippen molar-refractivity contribution in [3.8, 4) is 0 Å². The molecule has 1 heteroatoms. The quantitative estimate of drug-likeness (QED) is 0.671. The van der Waals surface area contributed by atoms with Crippen LogP contribution in [0.2, 0.25) is 0 Å². The highest BCUT2D eigenvalue weighted by Crippen LogP contribution is 2.67. The Labute approximate surface area is 88.2 Å². The molecular formula is C13H24O. The van der Waals surface area contributed by atoms with Gasteiger partial charge in [0.1, 0.15) is 0 Å². The van der Waals surface area contributed by atoms with Crippen LogP contribution in [0.25, 0.3) is 0 Å². The van der Waals surface area contributed by atoms with Gasteiger partial charge in [-0.1, -0.05) is 20.8 Å². The minimum atomic E-state index is 0.548. The normalized spacial score (nSPS) is 44.6. The van der Waals surface area contributed by atoms with Crippen molar-refractivity contribution < 1.29 is 4.74 Å². The molecular weight excluding hydrogens is 172 g/mol. The molecule has 14 heavy (non-hydrogen) atoms. The summed E-state index contributed by atoms with van der Waals surface area (Å²) in [6.07, 6.45) is 4.28. The fourth-order valence-electron chi connectivity index (χ4n) is 3.88. The summed E-state index contributed by atoms with van der Waals surface area (Å²) in [4.78, 5) is 0. The summed E-state index contributed by atoms with van der Waals surface area (Å²) in [6, 6.07) is 0. The molecule has 2 saturated carbocycles. The maximum atomic E-state index is 5.63. The summed E-state index contributed by atoms with van der Waals surface area (Å²) in [6.45, 7) is 11.4. The van der Waals surface area contributed by atoms with E-state index in [4.69, 9.17) is 4.74 Å². The lowest BCUT2D eigenvalue weighted by Crippen LogP contribution is -2.34. The van der Waals surface area contributed by atoms with E-state index in [1.54, 1.807) is 0 Å². The molecule has 3 atom stereocenters. The van der Waals surface area contributed by atoms with Gasteiger partial charge in [0.05, 0.1) is 0 Å². The van der Waals surface area contributed by atoms with E-state index in [9.17, 15) is 0 Å². The number of hydrogen-bond acceptors (Lipinski definition) is 1. The van der Waals surface area contributed by atoms with E-state index in [1.807, 2.05) is 0 Å². The van der Waals surface area contributed by atoms with E-state index >= 15 is 0 Å². The zero-order chi connectivity index (χ0) is 10.4. The van der Waals surface area contributed by atoms with E-state index in [0.29, 0.717) is 10.8 Å². The number of rotatable bonds is 3. The van der Waals surface area contributed by atoms with Crippen molar-refractivity contribution >= 4 is 0 Å². The fourth-order valence-corrected chi connectivity index (χ4v) is 3.88. The van der Waals surface area contributed by atoms with Gasteiger partial charge in [0.15, 0.2) is 0 Å². The Morgan fingerprint density at radius 1 is 1.29 bits per heavy atom. The average molecular weight is 196 g/mol. The van der Waals surface area contributed by atoms with Crippen LogP contribution in [0.1, 0.15) is 47.0 Å². The van der Waals surface area contributed by atoms with Crippen LogP contribution in [-0.2, 0) is 4.74 Å². The van der Waals surface area contributed by atoms with Gasteiger partial charge in [0.2, 0.25) is 0 Å². The maximum Gasteiger partial charge on any atom is 0.0499 e. The highest BCUT2D eigenvalue weighted by molar-refractivity contribution is 5.09. The molecule has 1 nitrogen and oxygen atoms in total. The number of ether oxygens (including phenoxy) is 1. The topological polar surface area (TPSA) is 9.23 Å². The van der Waals surface area contributed by atoms with Crippen molar-refractivity contribution in [2.75, 3.05) is 13.2 Å². The first kappa shape index (κ1) is 10.5. The molecule has 0 amide bonds. The van der Waals surface area contributed by atoms with E-state index in [0.717, 1.165) is 25.0 Å². The predicted octanol–water partition coefficient (Wildman–Crippen LogP) is 3.49. The first-order valence-corrected chi connectivity index (χ1v) is 6.10. The smallest absolute Gasteiger partial charge is 0.0499 e. The molecule has 0 heterocycles. The van der Waals surface area contributed by atoms with Crippen LogP contribution in [0.5, 0.6) is 0 Å². The predicted molar refractivity (Wildman–Crippen MR) is 59.2 cm³/mol. The third-order valence-corrected chi connectivity index (χ3v) is 5.50. The zero-order valence-corrected chi connectivity index (χ0v) is 10.1. The summed E-state index contributed by atoms with van der Waals surface area (Å²) >= 11 is 0. The van der Waals surface area contributed by atoms with Crippen molar-refractivity contribution in [2.24, 2.45) is 22.7 Å². The summed E-state index contributed by atoms with van der Waals surface area (Å²) in [5.41, 5.74) is 1.10. The van der Waals surface area contributed by atoms with Crippen LogP contribution in [0.4, 0.5) is 0 Å². The Bertz CT molecular complexity index is 221. The minimum absolute atomic E-state index is 0.548. The van der Waals surface area contributed by atoms with Crippen LogP contribution < -0.4 is 0 Å². The van der Waals surface area contributed by atoms with Crippen molar-refractivity contribution in [3.63, 3.8) is 0 Å². The largest absolute Gasteiger partial charge is 0.381 e. The maximum absolute atomic E-state index is 5.63. The number of hydrogen-bond donors (Lipinski definition) is 0. The summed E-state index contributed by atoms with van der Waals surface area (Å²) < 4.78 is 5.63. The van der Waals surface area contributed by atoms with Crippen LogP contribution >= 0.6 is 0 Å². The first-order valence-electron chi connectivity index (χ1n) is 6.10. The van der Waals surface area contributed by atoms with E-state index in [2.05, 4.69) is 27.7 Å². The van der Waals surface area contributed by atoms with Gasteiger partial charge in [0.25, 0.3) is 0 Å². The third kappa shape index (κ3) is 1.18. The monoisotopic (exact) mass is 196 g/mol. The molecule has 2 bridgehead atoms. The Morgan fingerprint density at radius 2 is 2.00 bits per heavy atom. The summed E-state index contributed by atoms with van der Waals surface area (Å²) in [7, 11) is 0. The fraction of sp³-hybridized carbons (Fsp3) is 1.00. The molecule has 0 aromatic carbocycles. The lowest BCUT2D eigenvalue weighted by atomic mass is 9.67. The van der Waals surface area contributed by atoms with Gasteiger partial charge < -0.3 is 4.74 Å². The lowest BCUT2D eigenvalue weighted by molar-refractivity contribution is 0.0269. The highest BCUT2D eigenvalue weighted by Gasteiger charge is 2.60. The van der Waals surface area contributed by atoms with Gasteiger partial charge in [0, 0.05) is 13.2 Å². The molecule has 3 unspecified atom stereocenters. The molecule has 2 aliphatic carbocycles. The van der Waals surface area contributed by atoms with Gasteiger partial charge in [-0.15, -0.1) is 0 Å². The van der Waals surface area contributed by atoms with Crippen molar-refractivity contribution in [2.45, 2.75) is 47.0 Å².